The summed E-state index contributed by atoms with van der Waals surface area (Å²) in [6.45, 7) is 11.3. The van der Waals surface area contributed by atoms with E-state index in [4.69, 9.17) is 15.0 Å². The number of benzene rings is 1. The molecule has 37 heavy (non-hydrogen) atoms. The van der Waals surface area contributed by atoms with Crippen LogP contribution in [0.15, 0.2) is 34.3 Å². The van der Waals surface area contributed by atoms with Gasteiger partial charge in [0.05, 0.1) is 5.69 Å². The molecule has 0 spiro atoms. The van der Waals surface area contributed by atoms with Crippen molar-refractivity contribution >= 4 is 51.7 Å². The van der Waals surface area contributed by atoms with Gasteiger partial charge in [-0.05, 0) is 75.7 Å². The molecule has 2 N–H and O–H groups in total. The zero-order valence-corrected chi connectivity index (χ0v) is 23.3. The van der Waals surface area contributed by atoms with Crippen LogP contribution in [0.2, 0.25) is 0 Å². The molecule has 1 aliphatic heterocycles. The molecule has 11 heteroatoms. The summed E-state index contributed by atoms with van der Waals surface area (Å²) in [5, 5.41) is 7.70. The van der Waals surface area contributed by atoms with E-state index in [2.05, 4.69) is 39.3 Å². The molecule has 196 valence electrons. The summed E-state index contributed by atoms with van der Waals surface area (Å²) in [7, 11) is 0. The lowest BCUT2D eigenvalue weighted by Gasteiger charge is -2.34. The van der Waals surface area contributed by atoms with E-state index in [9.17, 15) is 4.79 Å². The van der Waals surface area contributed by atoms with Gasteiger partial charge in [-0.2, -0.15) is 15.0 Å². The molecule has 1 amide bonds. The van der Waals surface area contributed by atoms with Gasteiger partial charge in [-0.1, -0.05) is 13.3 Å². The van der Waals surface area contributed by atoms with E-state index in [0.29, 0.717) is 17.1 Å². The number of aryl methyl sites for hydroxylation is 2. The first kappa shape index (κ1) is 25.9. The maximum Gasteiger partial charge on any atom is 0.234 e. The van der Waals surface area contributed by atoms with Crippen molar-refractivity contribution in [3.63, 3.8) is 0 Å². The molecule has 3 heterocycles. The Kier molecular flexibility index (Phi) is 8.21. The number of anilines is 4. The summed E-state index contributed by atoms with van der Waals surface area (Å²) in [4.78, 5) is 37.9. The van der Waals surface area contributed by atoms with Crippen LogP contribution in [0.1, 0.15) is 43.2 Å². The normalized spacial score (nSPS) is 16.1. The van der Waals surface area contributed by atoms with Gasteiger partial charge in [0.1, 0.15) is 0 Å². The van der Waals surface area contributed by atoms with Gasteiger partial charge < -0.3 is 10.2 Å². The molecule has 1 saturated heterocycles. The SMILES string of the molecule is CCCCN1CCN(c2nc(Nc3nc(C)c(C)s3)nc(Sc3ccc(NC(=O)C4CC4)cc3)n2)CC1. The lowest BCUT2D eigenvalue weighted by molar-refractivity contribution is -0.117. The van der Waals surface area contributed by atoms with Crippen LogP contribution >= 0.6 is 23.1 Å². The maximum atomic E-state index is 12.1. The summed E-state index contributed by atoms with van der Waals surface area (Å²) in [6.07, 6.45) is 4.43. The Labute approximate surface area is 226 Å². The average Bonchev–Trinajstić information content (AvgIpc) is 3.70. The fraction of sp³-hybridized carbons (Fsp3) is 0.500. The molecule has 2 fully saturated rings. The number of unbranched alkanes of at least 4 members (excludes halogenated alkanes) is 1. The van der Waals surface area contributed by atoms with Crippen LogP contribution in [0.4, 0.5) is 22.7 Å². The van der Waals surface area contributed by atoms with Crippen LogP contribution < -0.4 is 15.5 Å². The van der Waals surface area contributed by atoms with Gasteiger partial charge in [0, 0.05) is 47.6 Å². The van der Waals surface area contributed by atoms with Crippen molar-refractivity contribution in [1.29, 1.82) is 0 Å². The van der Waals surface area contributed by atoms with Crippen molar-refractivity contribution in [2.24, 2.45) is 5.92 Å². The molecule has 1 saturated carbocycles. The fourth-order valence-corrected chi connectivity index (χ4v) is 5.62. The predicted molar refractivity (Wildman–Crippen MR) is 150 cm³/mol. The van der Waals surface area contributed by atoms with Crippen molar-refractivity contribution in [2.45, 2.75) is 56.5 Å². The van der Waals surface area contributed by atoms with E-state index >= 15 is 0 Å². The Hall–Kier alpha value is -2.76. The molecule has 9 nitrogen and oxygen atoms in total. The summed E-state index contributed by atoms with van der Waals surface area (Å²) >= 11 is 3.08. The molecule has 1 aliphatic carbocycles. The Morgan fingerprint density at radius 2 is 1.81 bits per heavy atom. The van der Waals surface area contributed by atoms with Gasteiger partial charge in [0.15, 0.2) is 10.3 Å². The number of rotatable bonds is 10. The molecule has 5 rings (SSSR count). The smallest absolute Gasteiger partial charge is 0.234 e. The van der Waals surface area contributed by atoms with Gasteiger partial charge in [0.2, 0.25) is 17.8 Å². The number of carbonyl (C=O) groups excluding carboxylic acids is 1. The number of nitrogens with one attached hydrogen (secondary N) is 2. The lowest BCUT2D eigenvalue weighted by atomic mass is 10.2. The minimum Gasteiger partial charge on any atom is -0.338 e. The second-order valence-electron chi connectivity index (χ2n) is 9.60. The zero-order valence-electron chi connectivity index (χ0n) is 21.7. The largest absolute Gasteiger partial charge is 0.338 e. The van der Waals surface area contributed by atoms with E-state index in [1.165, 1.54) is 29.5 Å². The first-order valence-corrected chi connectivity index (χ1v) is 14.6. The van der Waals surface area contributed by atoms with Crippen LogP contribution in [-0.4, -0.2) is 63.5 Å². The summed E-state index contributed by atoms with van der Waals surface area (Å²) in [5.41, 5.74) is 1.82. The highest BCUT2D eigenvalue weighted by Crippen LogP contribution is 2.32. The quantitative estimate of drug-likeness (QED) is 0.365. The van der Waals surface area contributed by atoms with Gasteiger partial charge >= 0.3 is 0 Å². The highest BCUT2D eigenvalue weighted by atomic mass is 32.2. The maximum absolute atomic E-state index is 12.1. The molecule has 0 bridgehead atoms. The first-order valence-electron chi connectivity index (χ1n) is 13.0. The molecule has 2 aliphatic rings. The predicted octanol–water partition coefficient (Wildman–Crippen LogP) is 5.11. The number of hydrogen-bond acceptors (Lipinski definition) is 10. The van der Waals surface area contributed by atoms with Gasteiger partial charge in [-0.3, -0.25) is 15.0 Å². The molecular formula is C26H34N8OS2. The third-order valence-corrected chi connectivity index (χ3v) is 8.47. The lowest BCUT2D eigenvalue weighted by Crippen LogP contribution is -2.47. The van der Waals surface area contributed by atoms with E-state index < -0.39 is 0 Å². The van der Waals surface area contributed by atoms with E-state index in [-0.39, 0.29) is 11.8 Å². The van der Waals surface area contributed by atoms with Crippen LogP contribution in [-0.2, 0) is 4.79 Å². The molecule has 2 aromatic heterocycles. The van der Waals surface area contributed by atoms with Crippen LogP contribution in [0.3, 0.4) is 0 Å². The number of hydrogen-bond donors (Lipinski definition) is 2. The number of carbonyl (C=O) groups is 1. The Morgan fingerprint density at radius 3 is 2.46 bits per heavy atom. The zero-order chi connectivity index (χ0) is 25.8. The fourth-order valence-electron chi connectivity index (χ4n) is 4.07. The summed E-state index contributed by atoms with van der Waals surface area (Å²) < 4.78 is 0. The molecular weight excluding hydrogens is 504 g/mol. The molecule has 1 aromatic carbocycles. The average molecular weight is 539 g/mol. The molecule has 0 atom stereocenters. The summed E-state index contributed by atoms with van der Waals surface area (Å²) in [5.74, 6) is 1.49. The third-order valence-electron chi connectivity index (χ3n) is 6.61. The first-order chi connectivity index (χ1) is 18.0. The second kappa shape index (κ2) is 11.7. The minimum absolute atomic E-state index is 0.112. The monoisotopic (exact) mass is 538 g/mol. The Morgan fingerprint density at radius 1 is 1.05 bits per heavy atom. The van der Waals surface area contributed by atoms with Crippen LogP contribution in [0, 0.1) is 19.8 Å². The third kappa shape index (κ3) is 6.97. The number of aromatic nitrogens is 4. The van der Waals surface area contributed by atoms with E-state index in [1.807, 2.05) is 31.2 Å². The Bertz CT molecular complexity index is 1200. The molecule has 0 unspecified atom stereocenters. The van der Waals surface area contributed by atoms with Crippen molar-refractivity contribution in [3.8, 4) is 0 Å². The van der Waals surface area contributed by atoms with Crippen LogP contribution in [0.25, 0.3) is 0 Å². The van der Waals surface area contributed by atoms with Crippen molar-refractivity contribution in [3.05, 3.63) is 34.8 Å². The van der Waals surface area contributed by atoms with Gasteiger partial charge in [-0.15, -0.1) is 11.3 Å². The topological polar surface area (TPSA) is 99.2 Å². The van der Waals surface area contributed by atoms with E-state index in [0.717, 1.165) is 67.0 Å². The van der Waals surface area contributed by atoms with Gasteiger partial charge in [-0.25, -0.2) is 4.98 Å². The molecule has 3 aromatic rings. The van der Waals surface area contributed by atoms with Crippen molar-refractivity contribution < 1.29 is 4.79 Å². The van der Waals surface area contributed by atoms with Gasteiger partial charge in [0.25, 0.3) is 0 Å². The standard InChI is InChI=1S/C26H34N8OS2/c1-4-5-12-33-13-15-34(16-14-33)24-29-23(30-25-27-17(2)18(3)36-25)31-26(32-24)37-21-10-8-20(9-11-21)28-22(35)19-6-7-19/h8-11,19H,4-7,12-16H2,1-3H3,(H,28,35)(H,27,29,30,31,32). The number of thiazole rings is 1. The van der Waals surface area contributed by atoms with Crippen molar-refractivity contribution in [1.82, 2.24) is 24.8 Å². The highest BCUT2D eigenvalue weighted by Gasteiger charge is 2.29. The molecule has 0 radical (unpaired) electrons. The minimum atomic E-state index is 0.112. The summed E-state index contributed by atoms with van der Waals surface area (Å²) in [6, 6.07) is 7.84. The number of amides is 1. The van der Waals surface area contributed by atoms with Crippen molar-refractivity contribution in [2.75, 3.05) is 48.3 Å². The Balaban J connectivity index is 1.32. The number of nitrogens with zero attached hydrogens (tertiary/aromatic N) is 6. The number of piperazine rings is 1. The highest BCUT2D eigenvalue weighted by molar-refractivity contribution is 7.99. The van der Waals surface area contributed by atoms with Crippen LogP contribution in [0.5, 0.6) is 0 Å². The second-order valence-corrected chi connectivity index (χ2v) is 11.8. The van der Waals surface area contributed by atoms with E-state index in [1.54, 1.807) is 11.3 Å².